The Labute approximate surface area is 165 Å². The van der Waals surface area contributed by atoms with Crippen LogP contribution >= 0.6 is 10.6 Å². The number of nitrogens with two attached hydrogens (primary N) is 1. The molecular weight excluding hydrogens is 380 g/mol. The Morgan fingerprint density at radius 1 is 1.36 bits per heavy atom. The van der Waals surface area contributed by atoms with Crippen LogP contribution < -0.4 is 21.1 Å². The van der Waals surface area contributed by atoms with Gasteiger partial charge in [0, 0.05) is 29.6 Å². The van der Waals surface area contributed by atoms with Gasteiger partial charge >= 0.3 is 0 Å². The molecule has 0 amide bonds. The van der Waals surface area contributed by atoms with E-state index in [4.69, 9.17) is 10.5 Å². The zero-order valence-electron chi connectivity index (χ0n) is 15.7. The molecule has 0 spiro atoms. The van der Waals surface area contributed by atoms with Gasteiger partial charge in [0.15, 0.2) is 5.69 Å². The lowest BCUT2D eigenvalue weighted by Crippen LogP contribution is -2.48. The second-order valence-electron chi connectivity index (χ2n) is 6.77. The van der Waals surface area contributed by atoms with E-state index in [2.05, 4.69) is 26.7 Å². The van der Waals surface area contributed by atoms with E-state index in [0.29, 0.717) is 35.1 Å². The van der Waals surface area contributed by atoms with Gasteiger partial charge in [-0.2, -0.15) is 15.9 Å². The zero-order valence-corrected chi connectivity index (χ0v) is 16.5. The van der Waals surface area contributed by atoms with Gasteiger partial charge < -0.3 is 21.1 Å². The summed E-state index contributed by atoms with van der Waals surface area (Å²) >= 11 is 0. The molecule has 0 aromatic carbocycles. The van der Waals surface area contributed by atoms with Crippen LogP contribution in [0.2, 0.25) is 0 Å². The van der Waals surface area contributed by atoms with Crippen molar-refractivity contribution in [2.24, 2.45) is 5.73 Å². The summed E-state index contributed by atoms with van der Waals surface area (Å²) in [4.78, 5) is 8.58. The highest BCUT2D eigenvalue weighted by Crippen LogP contribution is 2.44. The largest absolute Gasteiger partial charge is 0.497 e. The van der Waals surface area contributed by atoms with Crippen molar-refractivity contribution in [1.82, 2.24) is 9.97 Å². The first kappa shape index (κ1) is 20.2. The maximum Gasteiger partial charge on any atom is 0.164 e. The van der Waals surface area contributed by atoms with Gasteiger partial charge in [-0.1, -0.05) is 0 Å². The number of rotatable bonds is 5. The van der Waals surface area contributed by atoms with Crippen molar-refractivity contribution in [2.45, 2.75) is 25.4 Å². The molecule has 0 radical (unpaired) electrons. The molecule has 1 saturated heterocycles. The highest BCUT2D eigenvalue weighted by molar-refractivity contribution is 8.24. The average Bonchev–Trinajstić information content (AvgIpc) is 2.64. The molecule has 28 heavy (non-hydrogen) atoms. The first-order valence-corrected chi connectivity index (χ1v) is 10.6. The van der Waals surface area contributed by atoms with E-state index in [1.54, 1.807) is 25.3 Å². The summed E-state index contributed by atoms with van der Waals surface area (Å²) in [5, 5.41) is 15.7. The number of nitriles is 1. The smallest absolute Gasteiger partial charge is 0.164 e. The van der Waals surface area contributed by atoms with Gasteiger partial charge in [0.05, 0.1) is 36.5 Å². The summed E-state index contributed by atoms with van der Waals surface area (Å²) in [6.45, 7) is 1.85. The van der Waals surface area contributed by atoms with E-state index in [0.717, 1.165) is 5.69 Å². The molecule has 150 valence electrons. The second-order valence-corrected chi connectivity index (χ2v) is 9.11. The average molecular weight is 404 g/mol. The van der Waals surface area contributed by atoms with Crippen LogP contribution in [0, 0.1) is 18.3 Å². The van der Waals surface area contributed by atoms with Gasteiger partial charge in [-0.15, -0.1) is 0 Å². The number of nitrogens with zero attached hydrogens (tertiary/aromatic N) is 3. The maximum absolute atomic E-state index is 10.00. The summed E-state index contributed by atoms with van der Waals surface area (Å²) in [6, 6.07) is 6.81. The van der Waals surface area contributed by atoms with E-state index in [-0.39, 0.29) is 23.5 Å². The molecule has 2 aromatic heterocycles. The van der Waals surface area contributed by atoms with Gasteiger partial charge in [0.1, 0.15) is 17.6 Å². The Hall–Kier alpha value is -2.58. The first-order valence-electron chi connectivity index (χ1n) is 8.75. The number of ether oxygens (including phenoxy) is 1. The summed E-state index contributed by atoms with van der Waals surface area (Å²) in [6.07, 6.45) is 2.06. The van der Waals surface area contributed by atoms with Gasteiger partial charge in [0.25, 0.3) is 0 Å². The molecule has 3 rings (SSSR count). The lowest BCUT2D eigenvalue weighted by Gasteiger charge is -2.43. The van der Waals surface area contributed by atoms with Crippen molar-refractivity contribution in [2.75, 3.05) is 29.2 Å². The Bertz CT molecular complexity index is 901. The lowest BCUT2D eigenvalue weighted by atomic mass is 10.1. The van der Waals surface area contributed by atoms with Crippen molar-refractivity contribution >= 4 is 27.8 Å². The van der Waals surface area contributed by atoms with Crippen molar-refractivity contribution in [3.63, 3.8) is 0 Å². The molecule has 0 unspecified atom stereocenters. The predicted octanol–water partition coefficient (Wildman–Crippen LogP) is 2.67. The minimum atomic E-state index is -2.62. The number of nitrogens with one attached hydrogen (secondary N) is 2. The Kier molecular flexibility index (Phi) is 5.90. The molecule has 2 aromatic rings. The number of aromatic nitrogens is 2. The van der Waals surface area contributed by atoms with E-state index < -0.39 is 10.6 Å². The van der Waals surface area contributed by atoms with Gasteiger partial charge in [-0.25, -0.2) is 9.97 Å². The van der Waals surface area contributed by atoms with Gasteiger partial charge in [-0.3, -0.25) is 9.11 Å². The Morgan fingerprint density at radius 3 is 2.86 bits per heavy atom. The van der Waals surface area contributed by atoms with Crippen LogP contribution in [0.3, 0.4) is 0 Å². The van der Waals surface area contributed by atoms with Crippen molar-refractivity contribution in [3.8, 4) is 11.8 Å². The molecule has 0 aliphatic carbocycles. The third-order valence-electron chi connectivity index (χ3n) is 4.51. The van der Waals surface area contributed by atoms with Gasteiger partial charge in [0.2, 0.25) is 0 Å². The molecule has 3 heterocycles. The molecule has 10 heteroatoms. The molecule has 1 aliphatic heterocycles. The fourth-order valence-electron chi connectivity index (χ4n) is 3.07. The number of anilines is 3. The number of pyridine rings is 2. The minimum absolute atomic E-state index is 0.188. The van der Waals surface area contributed by atoms with Crippen LogP contribution in [0.5, 0.6) is 5.75 Å². The van der Waals surface area contributed by atoms with Crippen LogP contribution in [0.4, 0.5) is 17.2 Å². The molecule has 0 saturated carbocycles. The molecule has 1 aliphatic rings. The third kappa shape index (κ3) is 4.82. The quantitative estimate of drug-likeness (QED) is 0.507. The molecule has 0 bridgehead atoms. The van der Waals surface area contributed by atoms with Crippen molar-refractivity contribution in [3.05, 3.63) is 35.8 Å². The first-order chi connectivity index (χ1) is 13.3. The molecule has 1 fully saturated rings. The van der Waals surface area contributed by atoms with E-state index >= 15 is 0 Å². The van der Waals surface area contributed by atoms with Crippen LogP contribution in [-0.4, -0.2) is 49.8 Å². The Balaban J connectivity index is 1.84. The maximum atomic E-state index is 10.00. The van der Waals surface area contributed by atoms with Crippen LogP contribution in [0.15, 0.2) is 24.4 Å². The fourth-order valence-corrected chi connectivity index (χ4v) is 4.79. The normalized spacial score (nSPS) is 22.0. The Morgan fingerprint density at radius 2 is 2.14 bits per heavy atom. The molecular formula is C18H24N6O3S. The summed E-state index contributed by atoms with van der Waals surface area (Å²) < 4.78 is 25.3. The third-order valence-corrected chi connectivity index (χ3v) is 6.29. The van der Waals surface area contributed by atoms with Crippen LogP contribution in [0.25, 0.3) is 0 Å². The van der Waals surface area contributed by atoms with Crippen LogP contribution in [0.1, 0.15) is 17.8 Å². The zero-order chi connectivity index (χ0) is 20.3. The number of hydrogen-bond donors (Lipinski definition) is 5. The van der Waals surface area contributed by atoms with E-state index in [9.17, 15) is 14.4 Å². The van der Waals surface area contributed by atoms with Gasteiger partial charge in [-0.05, 0) is 19.4 Å². The molecule has 9 nitrogen and oxygen atoms in total. The summed E-state index contributed by atoms with van der Waals surface area (Å²) in [5.41, 5.74) is 8.21. The molecule has 6 N–H and O–H groups in total. The monoisotopic (exact) mass is 404 g/mol. The number of aryl methyl sites for hydroxylation is 1. The summed E-state index contributed by atoms with van der Waals surface area (Å²) in [7, 11) is -1.05. The fraction of sp³-hybridized carbons (Fsp3) is 0.389. The van der Waals surface area contributed by atoms with E-state index in [1.807, 2.05) is 6.92 Å². The SMILES string of the molecule is COc1cc(C)nc(Nc2cc(N[C@@H]3CS(O)(O)CC[C@@H]3N)cnc2C#N)c1. The highest BCUT2D eigenvalue weighted by atomic mass is 32.3. The van der Waals surface area contributed by atoms with Crippen LogP contribution in [-0.2, 0) is 0 Å². The minimum Gasteiger partial charge on any atom is -0.497 e. The predicted molar refractivity (Wildman–Crippen MR) is 110 cm³/mol. The van der Waals surface area contributed by atoms with Crippen molar-refractivity contribution in [1.29, 1.82) is 5.26 Å². The second kappa shape index (κ2) is 8.20. The highest BCUT2D eigenvalue weighted by Gasteiger charge is 2.31. The van der Waals surface area contributed by atoms with Crippen molar-refractivity contribution < 1.29 is 13.8 Å². The number of hydrogen-bond acceptors (Lipinski definition) is 9. The topological polar surface area (TPSA) is 149 Å². The molecule has 2 atom stereocenters. The summed E-state index contributed by atoms with van der Waals surface area (Å²) in [5.74, 6) is 1.68. The lowest BCUT2D eigenvalue weighted by molar-refractivity contribution is 0.414. The van der Waals surface area contributed by atoms with E-state index in [1.165, 1.54) is 6.20 Å². The standard InChI is InChI=1S/C18H24N6O3S/c1-11-5-13(27-2)7-18(22-11)24-15-6-12(9-21-16(15)8-19)23-17-10-28(25,26)4-3-14(17)20/h5-7,9,14,17,23,25-26H,3-4,10,20H2,1-2H3,(H,22,24)/t14-,17+/m0/s1. The number of methoxy groups -OCH3 is 1.